The van der Waals surface area contributed by atoms with E-state index in [1.807, 2.05) is 0 Å². The van der Waals surface area contributed by atoms with Gasteiger partial charge >= 0.3 is 5.69 Å². The third-order valence-electron chi connectivity index (χ3n) is 4.39. The van der Waals surface area contributed by atoms with E-state index in [0.29, 0.717) is 19.7 Å². The van der Waals surface area contributed by atoms with Gasteiger partial charge in [0.25, 0.3) is 5.56 Å². The van der Waals surface area contributed by atoms with Gasteiger partial charge in [-0.2, -0.15) is 0 Å². The summed E-state index contributed by atoms with van der Waals surface area (Å²) in [7, 11) is 0. The molecule has 0 radical (unpaired) electrons. The zero-order valence-corrected chi connectivity index (χ0v) is 14.2. The summed E-state index contributed by atoms with van der Waals surface area (Å²) >= 11 is 0. The molecule has 2 heterocycles. The standard InChI is InChI=1S/C18H20FN3O4/c19-14-5-1-2-6-15(14)26-12-13-4-3-8-21(10-13)17(24)11-22-9-7-16(23)20-18(22)25/h1-2,5-7,9,13H,3-4,8,10-12H2,(H,20,23,25). The fourth-order valence-corrected chi connectivity index (χ4v) is 3.01. The highest BCUT2D eigenvalue weighted by Crippen LogP contribution is 2.21. The van der Waals surface area contributed by atoms with Crippen LogP contribution in [0.4, 0.5) is 4.39 Å². The molecule has 3 rings (SSSR count). The SMILES string of the molecule is O=C(Cn1ccc(=O)[nH]c1=O)N1CCCC(COc2ccccc2F)C1. The van der Waals surface area contributed by atoms with Crippen LogP contribution in [0.3, 0.4) is 0 Å². The molecular weight excluding hydrogens is 341 g/mol. The van der Waals surface area contributed by atoms with Crippen LogP contribution in [0.25, 0.3) is 0 Å². The molecule has 0 spiro atoms. The number of halogens is 1. The van der Waals surface area contributed by atoms with Gasteiger partial charge in [0.05, 0.1) is 6.61 Å². The van der Waals surface area contributed by atoms with Gasteiger partial charge < -0.3 is 9.64 Å². The van der Waals surface area contributed by atoms with E-state index in [-0.39, 0.29) is 24.1 Å². The number of nitrogens with zero attached hydrogens (tertiary/aromatic N) is 2. The summed E-state index contributed by atoms with van der Waals surface area (Å²) in [6.07, 6.45) is 3.01. The number of para-hydroxylation sites is 1. The molecule has 1 aromatic heterocycles. The van der Waals surface area contributed by atoms with Gasteiger partial charge in [-0.15, -0.1) is 0 Å². The summed E-state index contributed by atoms with van der Waals surface area (Å²) in [6, 6.07) is 7.42. The first kappa shape index (κ1) is 17.9. The molecule has 7 nitrogen and oxygen atoms in total. The molecule has 0 bridgehead atoms. The van der Waals surface area contributed by atoms with Gasteiger partial charge in [0.2, 0.25) is 5.91 Å². The highest BCUT2D eigenvalue weighted by molar-refractivity contribution is 5.76. The van der Waals surface area contributed by atoms with Crippen molar-refractivity contribution < 1.29 is 13.9 Å². The molecule has 1 unspecified atom stereocenters. The number of hydrogen-bond donors (Lipinski definition) is 1. The lowest BCUT2D eigenvalue weighted by Crippen LogP contribution is -2.44. The second-order valence-electron chi connectivity index (χ2n) is 6.33. The number of piperidine rings is 1. The summed E-state index contributed by atoms with van der Waals surface area (Å²) in [6.45, 7) is 1.29. The number of ether oxygens (including phenoxy) is 1. The van der Waals surface area contributed by atoms with E-state index in [4.69, 9.17) is 4.74 Å². The van der Waals surface area contributed by atoms with Crippen LogP contribution in [0.1, 0.15) is 12.8 Å². The maximum atomic E-state index is 13.6. The number of aromatic amines is 1. The number of carbonyl (C=O) groups is 1. The second-order valence-corrected chi connectivity index (χ2v) is 6.33. The average molecular weight is 361 g/mol. The molecule has 1 amide bonds. The Morgan fingerprint density at radius 1 is 1.27 bits per heavy atom. The fourth-order valence-electron chi connectivity index (χ4n) is 3.01. The third-order valence-corrected chi connectivity index (χ3v) is 4.39. The number of nitrogens with one attached hydrogen (secondary N) is 1. The average Bonchev–Trinajstić information content (AvgIpc) is 2.63. The monoisotopic (exact) mass is 361 g/mol. The van der Waals surface area contributed by atoms with Gasteiger partial charge in [-0.1, -0.05) is 12.1 Å². The van der Waals surface area contributed by atoms with Crippen molar-refractivity contribution in [2.45, 2.75) is 19.4 Å². The minimum Gasteiger partial charge on any atom is -0.490 e. The first-order valence-corrected chi connectivity index (χ1v) is 8.48. The first-order chi connectivity index (χ1) is 12.5. The normalized spacial score (nSPS) is 17.1. The van der Waals surface area contributed by atoms with Crippen LogP contribution in [0.15, 0.2) is 46.1 Å². The van der Waals surface area contributed by atoms with Crippen molar-refractivity contribution >= 4 is 5.91 Å². The van der Waals surface area contributed by atoms with E-state index < -0.39 is 17.1 Å². The summed E-state index contributed by atoms with van der Waals surface area (Å²) in [5, 5.41) is 0. The maximum absolute atomic E-state index is 13.6. The van der Waals surface area contributed by atoms with Crippen LogP contribution in [0.5, 0.6) is 5.75 Å². The Labute approximate surface area is 149 Å². The molecule has 1 saturated heterocycles. The zero-order chi connectivity index (χ0) is 18.5. The first-order valence-electron chi connectivity index (χ1n) is 8.48. The van der Waals surface area contributed by atoms with Crippen molar-refractivity contribution in [2.24, 2.45) is 5.92 Å². The van der Waals surface area contributed by atoms with Crippen molar-refractivity contribution in [2.75, 3.05) is 19.7 Å². The Bertz CT molecular complexity index is 892. The lowest BCUT2D eigenvalue weighted by Gasteiger charge is -2.32. The predicted octanol–water partition coefficient (Wildman–Crippen LogP) is 0.993. The fraction of sp³-hybridized carbons (Fsp3) is 0.389. The number of hydrogen-bond acceptors (Lipinski definition) is 4. The molecule has 1 aromatic carbocycles. The Hall–Kier alpha value is -2.90. The van der Waals surface area contributed by atoms with Crippen LogP contribution in [0, 0.1) is 11.7 Å². The van der Waals surface area contributed by atoms with Crippen LogP contribution in [-0.2, 0) is 11.3 Å². The molecular formula is C18H20FN3O4. The van der Waals surface area contributed by atoms with E-state index in [9.17, 15) is 18.8 Å². The molecule has 1 fully saturated rings. The van der Waals surface area contributed by atoms with E-state index >= 15 is 0 Å². The van der Waals surface area contributed by atoms with Crippen LogP contribution < -0.4 is 16.0 Å². The quantitative estimate of drug-likeness (QED) is 0.861. The van der Waals surface area contributed by atoms with Crippen molar-refractivity contribution in [1.29, 1.82) is 0 Å². The molecule has 138 valence electrons. The van der Waals surface area contributed by atoms with E-state index in [1.54, 1.807) is 23.1 Å². The smallest absolute Gasteiger partial charge is 0.328 e. The van der Waals surface area contributed by atoms with Gasteiger partial charge in [-0.3, -0.25) is 19.1 Å². The number of amides is 1. The van der Waals surface area contributed by atoms with Gasteiger partial charge in [0, 0.05) is 31.3 Å². The van der Waals surface area contributed by atoms with Crippen molar-refractivity contribution in [3.05, 3.63) is 63.2 Å². The topological polar surface area (TPSA) is 84.4 Å². The van der Waals surface area contributed by atoms with Crippen LogP contribution in [-0.4, -0.2) is 40.1 Å². The van der Waals surface area contributed by atoms with Crippen molar-refractivity contribution in [1.82, 2.24) is 14.5 Å². The van der Waals surface area contributed by atoms with Gasteiger partial charge in [-0.25, -0.2) is 9.18 Å². The molecule has 26 heavy (non-hydrogen) atoms. The molecule has 1 aliphatic rings. The van der Waals surface area contributed by atoms with Crippen LogP contribution >= 0.6 is 0 Å². The molecule has 1 N–H and O–H groups in total. The van der Waals surface area contributed by atoms with E-state index in [1.165, 1.54) is 22.9 Å². The number of likely N-dealkylation sites (tertiary alicyclic amines) is 1. The molecule has 1 atom stereocenters. The molecule has 0 aliphatic carbocycles. The van der Waals surface area contributed by atoms with Gasteiger partial charge in [0.15, 0.2) is 11.6 Å². The second kappa shape index (κ2) is 7.99. The number of H-pyrrole nitrogens is 1. The Morgan fingerprint density at radius 3 is 2.85 bits per heavy atom. The van der Waals surface area contributed by atoms with Crippen LogP contribution in [0.2, 0.25) is 0 Å². The summed E-state index contributed by atoms with van der Waals surface area (Å²) in [5.41, 5.74) is -1.11. The Kier molecular flexibility index (Phi) is 5.50. The lowest BCUT2D eigenvalue weighted by atomic mass is 9.99. The zero-order valence-electron chi connectivity index (χ0n) is 14.2. The summed E-state index contributed by atoms with van der Waals surface area (Å²) in [4.78, 5) is 39.0. The number of benzene rings is 1. The summed E-state index contributed by atoms with van der Waals surface area (Å²) in [5.74, 6) is -0.307. The molecule has 2 aromatic rings. The Balaban J connectivity index is 1.57. The number of carbonyl (C=O) groups excluding carboxylic acids is 1. The summed E-state index contributed by atoms with van der Waals surface area (Å²) < 4.78 is 20.3. The predicted molar refractivity (Wildman–Crippen MR) is 92.5 cm³/mol. The number of aromatic nitrogens is 2. The Morgan fingerprint density at radius 2 is 2.08 bits per heavy atom. The maximum Gasteiger partial charge on any atom is 0.328 e. The largest absolute Gasteiger partial charge is 0.490 e. The lowest BCUT2D eigenvalue weighted by molar-refractivity contribution is -0.134. The highest BCUT2D eigenvalue weighted by atomic mass is 19.1. The van der Waals surface area contributed by atoms with Crippen molar-refractivity contribution in [3.63, 3.8) is 0 Å². The van der Waals surface area contributed by atoms with Gasteiger partial charge in [0.1, 0.15) is 6.54 Å². The number of rotatable bonds is 5. The molecule has 0 saturated carbocycles. The minimum atomic E-state index is -0.609. The molecule has 8 heteroatoms. The third kappa shape index (κ3) is 4.38. The molecule has 1 aliphatic heterocycles. The van der Waals surface area contributed by atoms with E-state index in [2.05, 4.69) is 4.98 Å². The van der Waals surface area contributed by atoms with Gasteiger partial charge in [-0.05, 0) is 25.0 Å². The van der Waals surface area contributed by atoms with Crippen molar-refractivity contribution in [3.8, 4) is 5.75 Å². The minimum absolute atomic E-state index is 0.0969. The van der Waals surface area contributed by atoms with E-state index in [0.717, 1.165) is 12.8 Å². The highest BCUT2D eigenvalue weighted by Gasteiger charge is 2.24.